The quantitative estimate of drug-likeness (QED) is 0.166. The molecule has 0 fully saturated rings. The molecule has 2 rings (SSSR count). The molecule has 0 aromatic heterocycles. The summed E-state index contributed by atoms with van der Waals surface area (Å²) in [6.07, 6.45) is 5.43. The van der Waals surface area contributed by atoms with Crippen molar-refractivity contribution in [3.8, 4) is 0 Å². The Morgan fingerprint density at radius 3 is 2.11 bits per heavy atom. The molecule has 4 atom stereocenters. The summed E-state index contributed by atoms with van der Waals surface area (Å²) >= 11 is 17.3. The number of rotatable bonds is 12. The Morgan fingerprint density at radius 2 is 1.66 bits per heavy atom. The number of hydrogen-bond donors (Lipinski definition) is 1. The minimum absolute atomic E-state index is 0.00868. The number of aldehydes is 1. The third-order valence-corrected chi connectivity index (χ3v) is 7.23. The molecule has 35 heavy (non-hydrogen) atoms. The Morgan fingerprint density at radius 1 is 1.06 bits per heavy atom. The van der Waals surface area contributed by atoms with Gasteiger partial charge in [0.15, 0.2) is 0 Å². The summed E-state index contributed by atoms with van der Waals surface area (Å²) in [5.41, 5.74) is 1.73. The molecule has 0 radical (unpaired) electrons. The van der Waals surface area contributed by atoms with E-state index in [-0.39, 0.29) is 18.0 Å². The molecule has 2 nitrogen and oxygen atoms in total. The molecule has 2 aromatic rings. The second-order valence-electron chi connectivity index (χ2n) is 9.99. The first-order valence-corrected chi connectivity index (χ1v) is 13.9. The van der Waals surface area contributed by atoms with E-state index in [1.165, 1.54) is 6.42 Å². The number of allylic oxidation sites excluding steroid dienone is 1. The van der Waals surface area contributed by atoms with E-state index in [0.717, 1.165) is 23.2 Å². The molecule has 0 aliphatic rings. The van der Waals surface area contributed by atoms with Crippen LogP contribution in [0.25, 0.3) is 0 Å². The normalized spacial score (nSPS) is 15.5. The smallest absolute Gasteiger partial charge is 0.126 e. The van der Waals surface area contributed by atoms with Crippen LogP contribution < -0.4 is 0 Å². The van der Waals surface area contributed by atoms with E-state index >= 15 is 0 Å². The lowest BCUT2D eigenvalue weighted by molar-refractivity contribution is -0.116. The van der Waals surface area contributed by atoms with Crippen LogP contribution in [0, 0.1) is 11.3 Å². The summed E-state index contributed by atoms with van der Waals surface area (Å²) in [5, 5.41) is 1.39. The zero-order valence-electron chi connectivity index (χ0n) is 22.2. The van der Waals surface area contributed by atoms with E-state index in [1.54, 1.807) is 0 Å². The van der Waals surface area contributed by atoms with Gasteiger partial charge in [-0.05, 0) is 61.2 Å². The van der Waals surface area contributed by atoms with Gasteiger partial charge in [-0.25, -0.2) is 0 Å². The number of hydrogen-bond acceptors (Lipinski definition) is 3. The monoisotopic (exact) mass is 535 g/mol. The first-order chi connectivity index (χ1) is 16.6. The maximum atomic E-state index is 12.2. The van der Waals surface area contributed by atoms with Gasteiger partial charge in [0, 0.05) is 39.2 Å². The van der Waals surface area contributed by atoms with Crippen LogP contribution in [-0.2, 0) is 4.79 Å². The first-order valence-electron chi connectivity index (χ1n) is 12.5. The molecule has 0 amide bonds. The maximum Gasteiger partial charge on any atom is 0.126 e. The SMILES string of the molecule is C=CC[C@](C)(C=O)C[C@H](c1cccc(Cl)c1)[C@@H](c1ccc(Cl)cc1)N(C)[C@H](CS)C(C)C.CCC. The number of halogens is 2. The van der Waals surface area contributed by atoms with E-state index in [2.05, 4.69) is 77.0 Å². The highest BCUT2D eigenvalue weighted by Gasteiger charge is 2.37. The fourth-order valence-electron chi connectivity index (χ4n) is 4.59. The van der Waals surface area contributed by atoms with Crippen molar-refractivity contribution in [2.75, 3.05) is 12.8 Å². The van der Waals surface area contributed by atoms with Crippen molar-refractivity contribution in [3.05, 3.63) is 82.4 Å². The molecule has 5 heteroatoms. The van der Waals surface area contributed by atoms with E-state index in [0.29, 0.717) is 28.8 Å². The molecule has 0 unspecified atom stereocenters. The topological polar surface area (TPSA) is 20.3 Å². The van der Waals surface area contributed by atoms with Gasteiger partial charge in [0.1, 0.15) is 6.29 Å². The molecule has 0 bridgehead atoms. The van der Waals surface area contributed by atoms with Crippen molar-refractivity contribution in [1.29, 1.82) is 0 Å². The van der Waals surface area contributed by atoms with Gasteiger partial charge in [0.05, 0.1) is 0 Å². The first kappa shape index (κ1) is 31.8. The summed E-state index contributed by atoms with van der Waals surface area (Å²) in [6, 6.07) is 16.3. The fraction of sp³-hybridized carbons (Fsp3) is 0.500. The number of benzene rings is 2. The molecule has 2 aromatic carbocycles. The van der Waals surface area contributed by atoms with E-state index in [9.17, 15) is 4.79 Å². The fourth-order valence-corrected chi connectivity index (χ4v) is 5.59. The van der Waals surface area contributed by atoms with Crippen LogP contribution in [0.3, 0.4) is 0 Å². The number of nitrogens with zero attached hydrogens (tertiary/aromatic N) is 1. The molecule has 194 valence electrons. The van der Waals surface area contributed by atoms with Gasteiger partial charge in [-0.3, -0.25) is 4.90 Å². The molecular formula is C30H43Cl2NOS. The third-order valence-electron chi connectivity index (χ3n) is 6.37. The Balaban J connectivity index is 0.00000194. The van der Waals surface area contributed by atoms with Gasteiger partial charge >= 0.3 is 0 Å². The van der Waals surface area contributed by atoms with E-state index in [4.69, 9.17) is 23.2 Å². The van der Waals surface area contributed by atoms with Gasteiger partial charge in [-0.15, -0.1) is 6.58 Å². The number of thiol groups is 1. The highest BCUT2D eigenvalue weighted by molar-refractivity contribution is 7.80. The summed E-state index contributed by atoms with van der Waals surface area (Å²) in [7, 11) is 2.16. The zero-order valence-corrected chi connectivity index (χ0v) is 24.6. The van der Waals surface area contributed by atoms with Crippen LogP contribution in [0.15, 0.2) is 61.2 Å². The molecule has 0 heterocycles. The number of likely N-dealkylation sites (N-methyl/N-ethyl adjacent to an activating group) is 1. The number of carbonyl (C=O) groups is 1. The summed E-state index contributed by atoms with van der Waals surface area (Å²) in [5.74, 6) is 1.17. The minimum atomic E-state index is -0.533. The van der Waals surface area contributed by atoms with Crippen LogP contribution in [0.5, 0.6) is 0 Å². The molecule has 0 aliphatic heterocycles. The highest BCUT2D eigenvalue weighted by atomic mass is 35.5. The van der Waals surface area contributed by atoms with Gasteiger partial charge in [-0.1, -0.05) is 94.6 Å². The lowest BCUT2D eigenvalue weighted by Crippen LogP contribution is -2.43. The van der Waals surface area contributed by atoms with Crippen LogP contribution in [0.4, 0.5) is 0 Å². The molecular weight excluding hydrogens is 493 g/mol. The molecule has 0 aliphatic carbocycles. The van der Waals surface area contributed by atoms with Gasteiger partial charge in [0.2, 0.25) is 0 Å². The van der Waals surface area contributed by atoms with Crippen LogP contribution in [-0.4, -0.2) is 30.0 Å². The molecule has 0 N–H and O–H groups in total. The predicted octanol–water partition coefficient (Wildman–Crippen LogP) is 9.29. The van der Waals surface area contributed by atoms with Crippen molar-refractivity contribution < 1.29 is 4.79 Å². The third kappa shape index (κ3) is 9.61. The van der Waals surface area contributed by atoms with Crippen LogP contribution in [0.1, 0.15) is 77.0 Å². The molecule has 0 saturated carbocycles. The van der Waals surface area contributed by atoms with E-state index in [1.807, 2.05) is 43.3 Å². The van der Waals surface area contributed by atoms with Crippen molar-refractivity contribution in [1.82, 2.24) is 4.90 Å². The van der Waals surface area contributed by atoms with Crippen molar-refractivity contribution in [2.45, 2.75) is 71.9 Å². The Hall–Kier alpha value is -1.26. The molecule has 0 saturated heterocycles. The standard InChI is InChI=1S/C27H35Cl2NOS.C3H8/c1-6-14-27(4,18-31)16-24(21-8-7-9-23(29)15-21)26(20-10-12-22(28)13-11-20)30(5)25(17-32)19(2)3;1-3-2/h6-13,15,18-19,24-26,32H,1,14,16-17H2,2-5H3;3H2,1-2H3/t24-,25-,26-,27+;/m1./s1. The average Bonchev–Trinajstić information content (AvgIpc) is 2.81. The second-order valence-corrected chi connectivity index (χ2v) is 11.2. The minimum Gasteiger partial charge on any atom is -0.303 e. The van der Waals surface area contributed by atoms with Crippen LogP contribution >= 0.6 is 35.8 Å². The Kier molecular flexibility index (Phi) is 14.3. The Labute approximate surface area is 229 Å². The van der Waals surface area contributed by atoms with Crippen molar-refractivity contribution in [3.63, 3.8) is 0 Å². The summed E-state index contributed by atoms with van der Waals surface area (Å²) < 4.78 is 0. The second kappa shape index (κ2) is 15.8. The highest BCUT2D eigenvalue weighted by Crippen LogP contribution is 2.45. The predicted molar refractivity (Wildman–Crippen MR) is 158 cm³/mol. The largest absolute Gasteiger partial charge is 0.303 e. The maximum absolute atomic E-state index is 12.2. The summed E-state index contributed by atoms with van der Waals surface area (Å²) in [4.78, 5) is 14.6. The van der Waals surface area contributed by atoms with E-state index < -0.39 is 5.41 Å². The van der Waals surface area contributed by atoms with Crippen molar-refractivity contribution >= 4 is 42.1 Å². The van der Waals surface area contributed by atoms with Gasteiger partial charge in [-0.2, -0.15) is 12.6 Å². The Bertz CT molecular complexity index is 901. The zero-order chi connectivity index (χ0) is 26.6. The average molecular weight is 537 g/mol. The lowest BCUT2D eigenvalue weighted by Gasteiger charge is -2.43. The summed E-state index contributed by atoms with van der Waals surface area (Å²) in [6.45, 7) is 14.6. The lowest BCUT2D eigenvalue weighted by atomic mass is 9.72. The van der Waals surface area contributed by atoms with Crippen molar-refractivity contribution in [2.24, 2.45) is 11.3 Å². The number of carbonyl (C=O) groups excluding carboxylic acids is 1. The van der Waals surface area contributed by atoms with Crippen LogP contribution in [0.2, 0.25) is 10.0 Å². The van der Waals surface area contributed by atoms with Gasteiger partial charge < -0.3 is 4.79 Å². The molecule has 0 spiro atoms. The van der Waals surface area contributed by atoms with Gasteiger partial charge in [0.25, 0.3) is 0 Å².